The fourth-order valence-corrected chi connectivity index (χ4v) is 19.3. The second-order valence-corrected chi connectivity index (χ2v) is 24.5. The maximum absolute atomic E-state index is 3.09. The third-order valence-electron chi connectivity index (χ3n) is 10.4. The number of hydrogen-bond acceptors (Lipinski definition) is 0. The molecule has 0 amide bonds. The summed E-state index contributed by atoms with van der Waals surface area (Å²) in [6.07, 6.45) is 9.27. The fourth-order valence-electron chi connectivity index (χ4n) is 7.64. The van der Waals surface area contributed by atoms with Gasteiger partial charge in [0.05, 0.1) is 0 Å². The van der Waals surface area contributed by atoms with Crippen molar-refractivity contribution in [2.45, 2.75) is 65.2 Å². The van der Waals surface area contributed by atoms with Crippen LogP contribution in [0, 0.1) is 0 Å². The molecule has 3 heteroatoms. The molecule has 6 aromatic rings. The van der Waals surface area contributed by atoms with Crippen molar-refractivity contribution in [2.75, 3.05) is 0 Å². The van der Waals surface area contributed by atoms with Gasteiger partial charge in [-0.05, 0) is 0 Å². The van der Waals surface area contributed by atoms with Gasteiger partial charge in [0, 0.05) is 0 Å². The van der Waals surface area contributed by atoms with Crippen molar-refractivity contribution in [1.29, 1.82) is 0 Å². The molecule has 2 aliphatic rings. The second-order valence-electron chi connectivity index (χ2n) is 15.8. The molecule has 0 unspecified atom stereocenters. The summed E-state index contributed by atoms with van der Waals surface area (Å²) in [4.78, 5) is 0. The number of fused-ring (bicyclic) bond motifs is 5. The average molecular weight is 860 g/mol. The summed E-state index contributed by atoms with van der Waals surface area (Å²) in [7, 11) is 0. The van der Waals surface area contributed by atoms with Crippen LogP contribution in [0.25, 0.3) is 32.7 Å². The van der Waals surface area contributed by atoms with Gasteiger partial charge in [0.1, 0.15) is 0 Å². The summed E-state index contributed by atoms with van der Waals surface area (Å²) in [5, 5.41) is 5.23. The molecule has 0 atom stereocenters. The first-order chi connectivity index (χ1) is 23.0. The number of benzene rings is 6. The zero-order valence-electron chi connectivity index (χ0n) is 29.9. The molecule has 0 aliphatic heterocycles. The number of hydrogen-bond donors (Lipinski definition) is 0. The van der Waals surface area contributed by atoms with Crippen molar-refractivity contribution in [1.82, 2.24) is 0 Å². The standard InChI is InChI=1S/C21H14.C21H25.C5H5.2ClH.Hf/c1-3-7-20-14-16(9-11-18(20)5-1)13-17-10-12-19-6-2-4-8-21(19)15-17;1-20(2,3)16-9-7-14-11-15-8-10-17(21(4,5)6)13-19(15)18(14)12-16;1-2-4-5-3-1;;;/h1-12,14-15H;7,9-10,12-13H,11H2,1-6H3;1-3H,4H2;2*1H;. The van der Waals surface area contributed by atoms with Crippen LogP contribution in [0.2, 0.25) is 0 Å². The Bertz CT molecular complexity index is 2280. The molecular formula is C47H46Cl2Hf. The van der Waals surface area contributed by atoms with E-state index < -0.39 is 21.0 Å². The molecule has 0 aromatic heterocycles. The van der Waals surface area contributed by atoms with Gasteiger partial charge >= 0.3 is 296 Å². The molecule has 2 aliphatic carbocycles. The van der Waals surface area contributed by atoms with Crippen LogP contribution in [0.3, 0.4) is 0 Å². The van der Waals surface area contributed by atoms with Crippen LogP contribution in [0.15, 0.2) is 137 Å². The average Bonchev–Trinajstić information content (AvgIpc) is 3.74. The van der Waals surface area contributed by atoms with E-state index in [1.807, 2.05) is 0 Å². The first-order valence-corrected chi connectivity index (χ1v) is 22.8. The Morgan fingerprint density at radius 1 is 0.560 bits per heavy atom. The van der Waals surface area contributed by atoms with Gasteiger partial charge in [-0.2, -0.15) is 0 Å². The summed E-state index contributed by atoms with van der Waals surface area (Å²) >= 11 is -3.09. The predicted octanol–water partition coefficient (Wildman–Crippen LogP) is 12.4. The van der Waals surface area contributed by atoms with Crippen LogP contribution in [-0.2, 0) is 38.2 Å². The minimum Gasteiger partial charge on any atom is -0.147 e. The van der Waals surface area contributed by atoms with Gasteiger partial charge in [0.25, 0.3) is 0 Å². The smallest absolute Gasteiger partial charge is 0.147 e. The maximum atomic E-state index is 2.67. The normalized spacial score (nSPS) is 13.4. The summed E-state index contributed by atoms with van der Waals surface area (Å²) in [6, 6.07) is 44.7. The third-order valence-corrected chi connectivity index (χ3v) is 21.5. The molecule has 0 heterocycles. The first-order valence-electron chi connectivity index (χ1n) is 17.4. The van der Waals surface area contributed by atoms with Crippen LogP contribution >= 0.6 is 24.8 Å². The SMILES string of the molecule is CC(C)(C)c1ccc2c(c1)-c1cc(C(C)(C)C)c[c]([Hf]([C]3=CC=CC3)=[C](c3ccc4ccccc4c3)c3ccc4ccccc4c3)c1C2.Cl.Cl. The van der Waals surface area contributed by atoms with E-state index in [1.54, 1.807) is 15.5 Å². The molecule has 0 nitrogen and oxygen atoms in total. The molecule has 50 heavy (non-hydrogen) atoms. The summed E-state index contributed by atoms with van der Waals surface area (Å²) in [5.41, 5.74) is 11.8. The topological polar surface area (TPSA) is 0 Å². The van der Waals surface area contributed by atoms with E-state index in [0.717, 1.165) is 12.8 Å². The van der Waals surface area contributed by atoms with Crippen molar-refractivity contribution in [3.8, 4) is 11.1 Å². The number of allylic oxidation sites excluding steroid dienone is 4. The monoisotopic (exact) mass is 860 g/mol. The van der Waals surface area contributed by atoms with Crippen LogP contribution in [0.1, 0.15) is 81.3 Å². The second kappa shape index (κ2) is 14.0. The molecule has 0 saturated carbocycles. The summed E-state index contributed by atoms with van der Waals surface area (Å²) < 4.78 is 4.95. The number of rotatable bonds is 4. The van der Waals surface area contributed by atoms with Crippen molar-refractivity contribution in [2.24, 2.45) is 0 Å². The van der Waals surface area contributed by atoms with Crippen LogP contribution in [0.5, 0.6) is 0 Å². The van der Waals surface area contributed by atoms with E-state index in [4.69, 9.17) is 0 Å². The van der Waals surface area contributed by atoms with E-state index >= 15 is 0 Å². The van der Waals surface area contributed by atoms with E-state index in [9.17, 15) is 0 Å². The third kappa shape index (κ3) is 6.70. The number of halogens is 2. The van der Waals surface area contributed by atoms with Gasteiger partial charge < -0.3 is 0 Å². The first kappa shape index (κ1) is 36.4. The zero-order chi connectivity index (χ0) is 33.2. The van der Waals surface area contributed by atoms with Crippen molar-refractivity contribution < 1.29 is 21.0 Å². The largest absolute Gasteiger partial charge is 0.147 e. The molecule has 8 rings (SSSR count). The van der Waals surface area contributed by atoms with Crippen LogP contribution in [-0.4, -0.2) is 3.26 Å². The molecule has 0 saturated heterocycles. The molecule has 252 valence electrons. The van der Waals surface area contributed by atoms with Gasteiger partial charge in [-0.1, -0.05) is 0 Å². The molecule has 0 fully saturated rings. The van der Waals surface area contributed by atoms with Crippen LogP contribution in [0.4, 0.5) is 0 Å². The summed E-state index contributed by atoms with van der Waals surface area (Å²) in [6.45, 7) is 14.2. The molecule has 6 aromatic carbocycles. The Hall–Kier alpha value is -3.36. The van der Waals surface area contributed by atoms with Gasteiger partial charge in [-0.15, -0.1) is 24.8 Å². The Morgan fingerprint density at radius 3 is 1.66 bits per heavy atom. The van der Waals surface area contributed by atoms with Gasteiger partial charge in [0.15, 0.2) is 0 Å². The Labute approximate surface area is 318 Å². The van der Waals surface area contributed by atoms with Crippen molar-refractivity contribution in [3.63, 3.8) is 0 Å². The van der Waals surface area contributed by atoms with E-state index in [-0.39, 0.29) is 35.6 Å². The molecule has 0 N–H and O–H groups in total. The van der Waals surface area contributed by atoms with E-state index in [2.05, 4.69) is 175 Å². The van der Waals surface area contributed by atoms with Gasteiger partial charge in [0.2, 0.25) is 0 Å². The van der Waals surface area contributed by atoms with E-state index in [0.29, 0.717) is 0 Å². The zero-order valence-corrected chi connectivity index (χ0v) is 35.2. The maximum Gasteiger partial charge on any atom is -0.147 e. The Morgan fingerprint density at radius 2 is 1.12 bits per heavy atom. The quantitative estimate of drug-likeness (QED) is 0.155. The molecule has 0 spiro atoms. The minimum atomic E-state index is -3.09. The Kier molecular flexibility index (Phi) is 10.2. The van der Waals surface area contributed by atoms with Crippen molar-refractivity contribution >= 4 is 52.9 Å². The molecule has 0 radical (unpaired) electrons. The fraction of sp³-hybridized carbons (Fsp3) is 0.213. The molecule has 0 bridgehead atoms. The Balaban J connectivity index is 0.00000216. The summed E-state index contributed by atoms with van der Waals surface area (Å²) in [5.74, 6) is 0. The molecular weight excluding hydrogens is 814 g/mol. The van der Waals surface area contributed by atoms with Gasteiger partial charge in [-0.25, -0.2) is 0 Å². The van der Waals surface area contributed by atoms with Crippen LogP contribution < -0.4 is 3.32 Å². The van der Waals surface area contributed by atoms with Gasteiger partial charge in [-0.3, -0.25) is 0 Å². The van der Waals surface area contributed by atoms with E-state index in [1.165, 1.54) is 60.5 Å². The minimum absolute atomic E-state index is 0. The predicted molar refractivity (Wildman–Crippen MR) is 219 cm³/mol. The van der Waals surface area contributed by atoms with Crippen molar-refractivity contribution in [3.05, 3.63) is 170 Å².